The van der Waals surface area contributed by atoms with Crippen LogP contribution in [0.4, 0.5) is 5.13 Å². The summed E-state index contributed by atoms with van der Waals surface area (Å²) in [5.74, 6) is 0.450. The van der Waals surface area contributed by atoms with Gasteiger partial charge in [0.1, 0.15) is 16.0 Å². The number of aromatic nitrogens is 1. The number of sulfonamides is 1. The Labute approximate surface area is 189 Å². The van der Waals surface area contributed by atoms with Gasteiger partial charge in [-0.2, -0.15) is 4.31 Å². The van der Waals surface area contributed by atoms with E-state index in [1.807, 2.05) is 38.1 Å². The van der Waals surface area contributed by atoms with Gasteiger partial charge in [0.15, 0.2) is 5.13 Å². The number of benzene rings is 1. The second-order valence-corrected chi connectivity index (χ2v) is 11.3. The van der Waals surface area contributed by atoms with Crippen LogP contribution in [0, 0.1) is 6.92 Å². The van der Waals surface area contributed by atoms with Crippen molar-refractivity contribution < 1.29 is 17.9 Å². The Kier molecular flexibility index (Phi) is 6.42. The molecule has 0 aliphatic carbocycles. The van der Waals surface area contributed by atoms with Crippen LogP contribution < -0.4 is 10.1 Å². The zero-order chi connectivity index (χ0) is 22.0. The average Bonchev–Trinajstić information content (AvgIpc) is 3.50. The molecular weight excluding hydrogens is 454 g/mol. The molecule has 1 fully saturated rings. The number of nitrogens with one attached hydrogen (secondary N) is 1. The zero-order valence-corrected chi connectivity index (χ0v) is 19.6. The summed E-state index contributed by atoms with van der Waals surface area (Å²) in [7, 11) is -3.67. The quantitative estimate of drug-likeness (QED) is 0.546. The lowest BCUT2D eigenvalue weighted by atomic mass is 10.1. The van der Waals surface area contributed by atoms with E-state index < -0.39 is 16.1 Å². The van der Waals surface area contributed by atoms with E-state index in [9.17, 15) is 13.2 Å². The molecule has 1 N–H and O–H groups in total. The molecule has 0 saturated carbocycles. The molecule has 1 saturated heterocycles. The standard InChI is InChI=1S/C21H23N3O4S3/c1-3-28-16-10-8-15(9-11-16)19-14(2)30-21(22-19)23-20(25)17-6-4-12-24(17)31(26,27)18-7-5-13-29-18/h5,7-11,13,17H,3-4,6,12H2,1-2H3,(H,22,23,25)/t17-/m0/s1. The van der Waals surface area contributed by atoms with E-state index in [0.29, 0.717) is 31.1 Å². The van der Waals surface area contributed by atoms with Crippen molar-refractivity contribution >= 4 is 43.7 Å². The summed E-state index contributed by atoms with van der Waals surface area (Å²) >= 11 is 2.54. The van der Waals surface area contributed by atoms with Crippen molar-refractivity contribution in [1.82, 2.24) is 9.29 Å². The van der Waals surface area contributed by atoms with Gasteiger partial charge in [0.2, 0.25) is 5.91 Å². The van der Waals surface area contributed by atoms with Gasteiger partial charge in [0.05, 0.1) is 12.3 Å². The first-order valence-electron chi connectivity index (χ1n) is 9.97. The number of thiophene rings is 1. The summed E-state index contributed by atoms with van der Waals surface area (Å²) in [6.45, 7) is 4.82. The average molecular weight is 478 g/mol. The molecule has 7 nitrogen and oxygen atoms in total. The van der Waals surface area contributed by atoms with E-state index in [2.05, 4.69) is 10.3 Å². The second-order valence-electron chi connectivity index (χ2n) is 7.08. The number of ether oxygens (including phenoxy) is 1. The maximum absolute atomic E-state index is 13.0. The second kappa shape index (κ2) is 9.07. The van der Waals surface area contributed by atoms with Gasteiger partial charge in [-0.3, -0.25) is 4.79 Å². The Morgan fingerprint density at radius 1 is 1.29 bits per heavy atom. The van der Waals surface area contributed by atoms with Crippen molar-refractivity contribution in [2.75, 3.05) is 18.5 Å². The topological polar surface area (TPSA) is 88.6 Å². The number of carbonyl (C=O) groups is 1. The fourth-order valence-corrected chi connectivity index (χ4v) is 7.21. The van der Waals surface area contributed by atoms with Crippen LogP contribution in [0.15, 0.2) is 46.0 Å². The molecular formula is C21H23N3O4S3. The highest BCUT2D eigenvalue weighted by molar-refractivity contribution is 7.91. The first-order valence-corrected chi connectivity index (χ1v) is 13.1. The lowest BCUT2D eigenvalue weighted by Gasteiger charge is -2.22. The van der Waals surface area contributed by atoms with Crippen molar-refractivity contribution in [2.24, 2.45) is 0 Å². The molecule has 1 atom stereocenters. The lowest BCUT2D eigenvalue weighted by molar-refractivity contribution is -0.119. The molecule has 2 aromatic heterocycles. The Bertz CT molecular complexity index is 1160. The summed E-state index contributed by atoms with van der Waals surface area (Å²) in [6.07, 6.45) is 1.14. The molecule has 1 aromatic carbocycles. The molecule has 1 amide bonds. The van der Waals surface area contributed by atoms with Crippen LogP contribution in [0.3, 0.4) is 0 Å². The molecule has 0 bridgehead atoms. The fraction of sp³-hybridized carbons (Fsp3) is 0.333. The van der Waals surface area contributed by atoms with E-state index in [4.69, 9.17) is 4.74 Å². The summed E-state index contributed by atoms with van der Waals surface area (Å²) < 4.78 is 32.9. The number of hydrogen-bond acceptors (Lipinski definition) is 7. The van der Waals surface area contributed by atoms with E-state index in [1.54, 1.807) is 17.5 Å². The van der Waals surface area contributed by atoms with Crippen LogP contribution in [0.2, 0.25) is 0 Å². The summed E-state index contributed by atoms with van der Waals surface area (Å²) in [5.41, 5.74) is 1.72. The number of aryl methyl sites for hydroxylation is 1. The molecule has 3 heterocycles. The zero-order valence-electron chi connectivity index (χ0n) is 17.2. The summed E-state index contributed by atoms with van der Waals surface area (Å²) in [6, 6.07) is 10.2. The van der Waals surface area contributed by atoms with Crippen LogP contribution in [-0.4, -0.2) is 42.8 Å². The van der Waals surface area contributed by atoms with Gasteiger partial charge in [0, 0.05) is 17.0 Å². The minimum Gasteiger partial charge on any atom is -0.494 e. The van der Waals surface area contributed by atoms with Crippen LogP contribution in [0.5, 0.6) is 5.75 Å². The molecule has 0 unspecified atom stereocenters. The monoisotopic (exact) mass is 477 g/mol. The highest BCUT2D eigenvalue weighted by Gasteiger charge is 2.40. The summed E-state index contributed by atoms with van der Waals surface area (Å²) in [4.78, 5) is 18.5. The third-order valence-corrected chi connectivity index (χ3v) is 9.20. The first-order chi connectivity index (χ1) is 14.9. The SMILES string of the molecule is CCOc1ccc(-c2nc(NC(=O)[C@@H]3CCCN3S(=O)(=O)c3cccs3)sc2C)cc1. The number of rotatable bonds is 7. The number of hydrogen-bond donors (Lipinski definition) is 1. The molecule has 1 aliphatic heterocycles. The maximum atomic E-state index is 13.0. The third-order valence-electron chi connectivity index (χ3n) is 5.03. The van der Waals surface area contributed by atoms with Gasteiger partial charge in [-0.1, -0.05) is 6.07 Å². The van der Waals surface area contributed by atoms with Crippen molar-refractivity contribution in [3.63, 3.8) is 0 Å². The van der Waals surface area contributed by atoms with Crippen LogP contribution in [0.1, 0.15) is 24.6 Å². The molecule has 0 radical (unpaired) electrons. The van der Waals surface area contributed by atoms with Crippen molar-refractivity contribution in [3.05, 3.63) is 46.7 Å². The lowest BCUT2D eigenvalue weighted by Crippen LogP contribution is -2.42. The van der Waals surface area contributed by atoms with E-state index in [-0.39, 0.29) is 10.1 Å². The molecule has 164 valence electrons. The van der Waals surface area contributed by atoms with Gasteiger partial charge in [0.25, 0.3) is 10.0 Å². The first kappa shape index (κ1) is 21.9. The van der Waals surface area contributed by atoms with Gasteiger partial charge >= 0.3 is 0 Å². The molecule has 4 rings (SSSR count). The minimum atomic E-state index is -3.67. The third kappa shape index (κ3) is 4.52. The summed E-state index contributed by atoms with van der Waals surface area (Å²) in [5, 5.41) is 5.02. The van der Waals surface area contributed by atoms with Crippen molar-refractivity contribution in [1.29, 1.82) is 0 Å². The number of nitrogens with zero attached hydrogens (tertiary/aromatic N) is 2. The Morgan fingerprint density at radius 3 is 2.74 bits per heavy atom. The largest absolute Gasteiger partial charge is 0.494 e. The van der Waals surface area contributed by atoms with Crippen LogP contribution in [-0.2, 0) is 14.8 Å². The predicted octanol–water partition coefficient (Wildman–Crippen LogP) is 4.37. The van der Waals surface area contributed by atoms with Gasteiger partial charge in [-0.15, -0.1) is 22.7 Å². The van der Waals surface area contributed by atoms with Gasteiger partial charge in [-0.05, 0) is 62.4 Å². The highest BCUT2D eigenvalue weighted by Crippen LogP contribution is 2.33. The fourth-order valence-electron chi connectivity index (χ4n) is 3.60. The molecule has 0 spiro atoms. The Hall–Kier alpha value is -2.27. The number of thiazole rings is 1. The van der Waals surface area contributed by atoms with E-state index >= 15 is 0 Å². The molecule has 3 aromatic rings. The van der Waals surface area contributed by atoms with Gasteiger partial charge < -0.3 is 10.1 Å². The maximum Gasteiger partial charge on any atom is 0.253 e. The predicted molar refractivity (Wildman–Crippen MR) is 123 cm³/mol. The van der Waals surface area contributed by atoms with Crippen LogP contribution in [0.25, 0.3) is 11.3 Å². The van der Waals surface area contributed by atoms with Gasteiger partial charge in [-0.25, -0.2) is 13.4 Å². The van der Waals surface area contributed by atoms with Crippen molar-refractivity contribution in [3.8, 4) is 17.0 Å². The van der Waals surface area contributed by atoms with E-state index in [1.165, 1.54) is 15.6 Å². The molecule has 10 heteroatoms. The normalized spacial score (nSPS) is 17.0. The molecule has 31 heavy (non-hydrogen) atoms. The Balaban J connectivity index is 1.50. The number of anilines is 1. The number of amides is 1. The highest BCUT2D eigenvalue weighted by atomic mass is 32.2. The molecule has 1 aliphatic rings. The minimum absolute atomic E-state index is 0.259. The Morgan fingerprint density at radius 2 is 2.06 bits per heavy atom. The van der Waals surface area contributed by atoms with E-state index in [0.717, 1.165) is 33.2 Å². The smallest absolute Gasteiger partial charge is 0.253 e. The van der Waals surface area contributed by atoms with Crippen LogP contribution >= 0.6 is 22.7 Å². The number of carbonyl (C=O) groups excluding carboxylic acids is 1. The van der Waals surface area contributed by atoms with Crippen molar-refractivity contribution in [2.45, 2.75) is 36.9 Å².